The van der Waals surface area contributed by atoms with Crippen molar-refractivity contribution in [3.63, 3.8) is 0 Å². The Labute approximate surface area is 181 Å². The first-order chi connectivity index (χ1) is 14.0. The lowest BCUT2D eigenvalue weighted by Gasteiger charge is -2.17. The molecular formula is C25H49N3O. The molecule has 0 bridgehead atoms. The summed E-state index contributed by atoms with van der Waals surface area (Å²) in [5.41, 5.74) is 1.36. The quantitative estimate of drug-likeness (QED) is 0.177. The van der Waals surface area contributed by atoms with Gasteiger partial charge in [0, 0.05) is 12.6 Å². The largest absolute Gasteiger partial charge is 0.353 e. The molecule has 0 unspecified atom stereocenters. The molecule has 170 valence electrons. The summed E-state index contributed by atoms with van der Waals surface area (Å²) in [6.07, 6.45) is 19.6. The molecule has 0 aliphatic rings. The summed E-state index contributed by atoms with van der Waals surface area (Å²) in [5.74, 6) is 0.0126. The monoisotopic (exact) mass is 407 g/mol. The summed E-state index contributed by atoms with van der Waals surface area (Å²) in [6, 6.07) is 0. The Kier molecular flexibility index (Phi) is 19.4. The van der Waals surface area contributed by atoms with Gasteiger partial charge in [-0.25, -0.2) is 0 Å². The van der Waals surface area contributed by atoms with Gasteiger partial charge in [-0.3, -0.25) is 4.79 Å². The lowest BCUT2D eigenvalue weighted by molar-refractivity contribution is -0.116. The minimum atomic E-state index is 0.0126. The summed E-state index contributed by atoms with van der Waals surface area (Å²) >= 11 is 0. The van der Waals surface area contributed by atoms with E-state index < -0.39 is 0 Å². The van der Waals surface area contributed by atoms with E-state index in [1.165, 1.54) is 63.4 Å². The molecule has 0 atom stereocenters. The zero-order valence-corrected chi connectivity index (χ0v) is 20.1. The van der Waals surface area contributed by atoms with E-state index in [1.54, 1.807) is 6.08 Å². The average molecular weight is 408 g/mol. The van der Waals surface area contributed by atoms with Crippen LogP contribution in [0.2, 0.25) is 0 Å². The first kappa shape index (κ1) is 27.9. The van der Waals surface area contributed by atoms with Crippen molar-refractivity contribution in [2.24, 2.45) is 0 Å². The highest BCUT2D eigenvalue weighted by Gasteiger charge is 2.00. The molecule has 0 saturated carbocycles. The van der Waals surface area contributed by atoms with Crippen molar-refractivity contribution in [2.75, 3.05) is 47.3 Å². The number of unbranched alkanes of at least 4 members (excludes halogenated alkanes) is 7. The zero-order chi connectivity index (χ0) is 21.7. The molecule has 0 saturated heterocycles. The van der Waals surface area contributed by atoms with E-state index in [0.29, 0.717) is 0 Å². The molecule has 4 heteroatoms. The van der Waals surface area contributed by atoms with Gasteiger partial charge in [0.1, 0.15) is 0 Å². The molecule has 1 N–H and O–H groups in total. The number of carbonyl (C=O) groups is 1. The fraction of sp³-hybridized carbons (Fsp3) is 0.800. The molecule has 4 nitrogen and oxygen atoms in total. The van der Waals surface area contributed by atoms with Gasteiger partial charge in [0.05, 0.1) is 0 Å². The predicted molar refractivity (Wildman–Crippen MR) is 128 cm³/mol. The topological polar surface area (TPSA) is 35.6 Å². The lowest BCUT2D eigenvalue weighted by atomic mass is 10.1. The lowest BCUT2D eigenvalue weighted by Crippen LogP contribution is -2.27. The normalized spacial score (nSPS) is 12.4. The highest BCUT2D eigenvalue weighted by molar-refractivity contribution is 5.87. The summed E-state index contributed by atoms with van der Waals surface area (Å²) < 4.78 is 0. The molecule has 0 fully saturated rings. The molecule has 0 spiro atoms. The third kappa shape index (κ3) is 21.4. The van der Waals surface area contributed by atoms with Gasteiger partial charge in [-0.1, -0.05) is 63.2 Å². The Hall–Kier alpha value is -1.13. The predicted octanol–water partition coefficient (Wildman–Crippen LogP) is 5.41. The SMILES string of the molecule is CCCCCCCCC/C(C)=C/C=C\C(=O)NCCCN(C)CCCCN(C)C. The van der Waals surface area contributed by atoms with Crippen LogP contribution in [0.15, 0.2) is 23.8 Å². The maximum Gasteiger partial charge on any atom is 0.243 e. The first-order valence-corrected chi connectivity index (χ1v) is 11.9. The van der Waals surface area contributed by atoms with E-state index in [2.05, 4.69) is 56.2 Å². The molecule has 0 heterocycles. The van der Waals surface area contributed by atoms with Crippen molar-refractivity contribution in [3.05, 3.63) is 23.8 Å². The van der Waals surface area contributed by atoms with Gasteiger partial charge in [0.15, 0.2) is 0 Å². The Morgan fingerprint density at radius 3 is 2.14 bits per heavy atom. The van der Waals surface area contributed by atoms with E-state index in [9.17, 15) is 4.79 Å². The molecule has 0 aliphatic carbocycles. The van der Waals surface area contributed by atoms with Gasteiger partial charge in [0.2, 0.25) is 5.91 Å². The summed E-state index contributed by atoms with van der Waals surface area (Å²) in [4.78, 5) is 16.5. The van der Waals surface area contributed by atoms with Crippen LogP contribution >= 0.6 is 0 Å². The van der Waals surface area contributed by atoms with Crippen LogP contribution in [0.1, 0.15) is 84.5 Å². The minimum absolute atomic E-state index is 0.0126. The second kappa shape index (κ2) is 20.2. The fourth-order valence-electron chi connectivity index (χ4n) is 3.29. The van der Waals surface area contributed by atoms with Crippen LogP contribution in [-0.4, -0.2) is 63.0 Å². The summed E-state index contributed by atoms with van der Waals surface area (Å²) in [7, 11) is 6.40. The van der Waals surface area contributed by atoms with Crippen molar-refractivity contribution in [1.29, 1.82) is 0 Å². The van der Waals surface area contributed by atoms with Gasteiger partial charge in [-0.2, -0.15) is 0 Å². The van der Waals surface area contributed by atoms with Gasteiger partial charge in [-0.05, 0) is 79.8 Å². The van der Waals surface area contributed by atoms with Crippen molar-refractivity contribution >= 4 is 5.91 Å². The molecule has 0 radical (unpaired) electrons. The van der Waals surface area contributed by atoms with Gasteiger partial charge in [0.25, 0.3) is 0 Å². The molecular weight excluding hydrogens is 358 g/mol. The second-order valence-corrected chi connectivity index (χ2v) is 8.70. The average Bonchev–Trinajstić information content (AvgIpc) is 2.67. The van der Waals surface area contributed by atoms with Gasteiger partial charge in [-0.15, -0.1) is 0 Å². The van der Waals surface area contributed by atoms with Crippen LogP contribution in [0, 0.1) is 0 Å². The zero-order valence-electron chi connectivity index (χ0n) is 20.1. The summed E-state index contributed by atoms with van der Waals surface area (Å²) in [5, 5.41) is 2.98. The smallest absolute Gasteiger partial charge is 0.243 e. The van der Waals surface area contributed by atoms with Gasteiger partial charge >= 0.3 is 0 Å². The molecule has 1 amide bonds. The van der Waals surface area contributed by atoms with Gasteiger partial charge < -0.3 is 15.1 Å². The van der Waals surface area contributed by atoms with E-state index in [4.69, 9.17) is 0 Å². The Morgan fingerprint density at radius 2 is 1.45 bits per heavy atom. The number of carbonyl (C=O) groups excluding carboxylic acids is 1. The second-order valence-electron chi connectivity index (χ2n) is 8.70. The molecule has 29 heavy (non-hydrogen) atoms. The number of nitrogens with one attached hydrogen (secondary N) is 1. The minimum Gasteiger partial charge on any atom is -0.353 e. The molecule has 0 aromatic carbocycles. The number of hydrogen-bond donors (Lipinski definition) is 1. The Morgan fingerprint density at radius 1 is 0.828 bits per heavy atom. The van der Waals surface area contributed by atoms with Crippen LogP contribution in [-0.2, 0) is 4.79 Å². The van der Waals surface area contributed by atoms with Crippen molar-refractivity contribution < 1.29 is 4.79 Å². The van der Waals surface area contributed by atoms with Crippen LogP contribution in [0.3, 0.4) is 0 Å². The van der Waals surface area contributed by atoms with E-state index >= 15 is 0 Å². The fourth-order valence-corrected chi connectivity index (χ4v) is 3.29. The molecule has 0 aromatic rings. The third-order valence-corrected chi connectivity index (χ3v) is 5.21. The molecule has 0 rings (SSSR count). The summed E-state index contributed by atoms with van der Waals surface area (Å²) in [6.45, 7) is 8.48. The van der Waals surface area contributed by atoms with Crippen molar-refractivity contribution in [1.82, 2.24) is 15.1 Å². The highest BCUT2D eigenvalue weighted by Crippen LogP contribution is 2.12. The Bertz CT molecular complexity index is 443. The number of rotatable bonds is 19. The molecule has 0 aliphatic heterocycles. The maximum absolute atomic E-state index is 11.9. The highest BCUT2D eigenvalue weighted by atomic mass is 16.1. The number of amides is 1. The van der Waals surface area contributed by atoms with Crippen LogP contribution in [0.4, 0.5) is 0 Å². The standard InChI is InChI=1S/C25H49N3O/c1-6-7-8-9-10-11-12-17-24(2)18-15-19-25(29)26-20-16-23-28(5)22-14-13-21-27(3)4/h15,18-19H,6-14,16-17,20-23H2,1-5H3,(H,26,29)/b19-15-,24-18+. The molecule has 0 aromatic heterocycles. The van der Waals surface area contributed by atoms with Crippen LogP contribution in [0.5, 0.6) is 0 Å². The number of hydrogen-bond acceptors (Lipinski definition) is 3. The number of nitrogens with zero attached hydrogens (tertiary/aromatic N) is 2. The van der Waals surface area contributed by atoms with E-state index in [1.807, 2.05) is 6.08 Å². The number of allylic oxidation sites excluding steroid dienone is 3. The maximum atomic E-state index is 11.9. The first-order valence-electron chi connectivity index (χ1n) is 11.9. The van der Waals surface area contributed by atoms with Crippen molar-refractivity contribution in [3.8, 4) is 0 Å². The van der Waals surface area contributed by atoms with Crippen LogP contribution < -0.4 is 5.32 Å². The third-order valence-electron chi connectivity index (χ3n) is 5.21. The van der Waals surface area contributed by atoms with E-state index in [0.717, 1.165) is 39.0 Å². The Balaban J connectivity index is 3.67. The van der Waals surface area contributed by atoms with E-state index in [-0.39, 0.29) is 5.91 Å². The van der Waals surface area contributed by atoms with Crippen LogP contribution in [0.25, 0.3) is 0 Å². The van der Waals surface area contributed by atoms with Crippen molar-refractivity contribution in [2.45, 2.75) is 84.5 Å².